The molecule has 0 unspecified atom stereocenters. The summed E-state index contributed by atoms with van der Waals surface area (Å²) in [6.45, 7) is 5.10. The van der Waals surface area contributed by atoms with E-state index in [4.69, 9.17) is 4.42 Å². The van der Waals surface area contributed by atoms with E-state index in [2.05, 4.69) is 34.1 Å². The van der Waals surface area contributed by atoms with E-state index in [9.17, 15) is 9.59 Å². The molecule has 1 saturated heterocycles. The second-order valence-electron chi connectivity index (χ2n) is 9.15. The van der Waals surface area contributed by atoms with E-state index >= 15 is 0 Å². The van der Waals surface area contributed by atoms with Crippen LogP contribution >= 0.6 is 0 Å². The normalized spacial score (nSPS) is 18.0. The third kappa shape index (κ3) is 4.23. The molecule has 3 heterocycles. The predicted molar refractivity (Wildman–Crippen MR) is 125 cm³/mol. The number of hydrogen-bond acceptors (Lipinski definition) is 5. The van der Waals surface area contributed by atoms with Gasteiger partial charge in [-0.05, 0) is 56.0 Å². The summed E-state index contributed by atoms with van der Waals surface area (Å²) in [5.74, 6) is 0.684. The van der Waals surface area contributed by atoms with Crippen molar-refractivity contribution >= 4 is 11.7 Å². The summed E-state index contributed by atoms with van der Waals surface area (Å²) in [7, 11) is 0. The summed E-state index contributed by atoms with van der Waals surface area (Å²) in [6.07, 6.45) is 3.88. The maximum absolute atomic E-state index is 13.0. The summed E-state index contributed by atoms with van der Waals surface area (Å²) in [4.78, 5) is 34.2. The molecule has 1 amide bonds. The smallest absolute Gasteiger partial charge is 0.276 e. The fraction of sp³-hybridized carbons (Fsp3) is 0.370. The molecule has 170 valence electrons. The minimum atomic E-state index is -0.417. The van der Waals surface area contributed by atoms with Crippen molar-refractivity contribution in [3.05, 3.63) is 89.1 Å². The Balaban J connectivity index is 1.21. The number of carbonyl (C=O) groups excluding carboxylic acids is 2. The molecule has 0 N–H and O–H groups in total. The molecule has 0 bridgehead atoms. The number of Topliss-reactive ketones (excluding diaryl/α,β-unsaturated/α-hetero) is 1. The Morgan fingerprint density at radius 3 is 2.39 bits per heavy atom. The third-order valence-electron chi connectivity index (χ3n) is 7.26. The van der Waals surface area contributed by atoms with Gasteiger partial charge < -0.3 is 9.32 Å². The predicted octanol–water partition coefficient (Wildman–Crippen LogP) is 4.00. The van der Waals surface area contributed by atoms with E-state index in [1.807, 2.05) is 35.2 Å². The average molecular weight is 444 g/mol. The number of benzene rings is 2. The van der Waals surface area contributed by atoms with Crippen LogP contribution in [-0.2, 0) is 29.7 Å². The zero-order valence-electron chi connectivity index (χ0n) is 19.0. The maximum Gasteiger partial charge on any atom is 0.276 e. The van der Waals surface area contributed by atoms with Gasteiger partial charge in [0.15, 0.2) is 5.69 Å². The van der Waals surface area contributed by atoms with Crippen LogP contribution < -0.4 is 0 Å². The van der Waals surface area contributed by atoms with Crippen LogP contribution in [0.1, 0.15) is 52.8 Å². The minimum absolute atomic E-state index is 0.0854. The second-order valence-corrected chi connectivity index (χ2v) is 9.15. The molecular formula is C27H29N3O3. The van der Waals surface area contributed by atoms with Gasteiger partial charge in [-0.15, -0.1) is 0 Å². The number of ketones is 1. The standard InChI is InChI=1S/C27H29N3O3/c1-20(31)27(23-9-3-2-4-10-23)12-15-29(16-13-27)18-25-28-24(19-33-25)26(32)30-14-11-21-7-5-6-8-22(21)17-30/h2-10,19H,11-18H2,1H3. The molecule has 1 aromatic heterocycles. The van der Waals surface area contributed by atoms with E-state index in [-0.39, 0.29) is 11.7 Å². The van der Waals surface area contributed by atoms with E-state index in [0.29, 0.717) is 31.2 Å². The largest absolute Gasteiger partial charge is 0.447 e. The summed E-state index contributed by atoms with van der Waals surface area (Å²) < 4.78 is 5.67. The zero-order chi connectivity index (χ0) is 22.8. The van der Waals surface area contributed by atoms with Crippen LogP contribution in [0.5, 0.6) is 0 Å². The molecule has 0 aliphatic carbocycles. The first-order valence-electron chi connectivity index (χ1n) is 11.6. The van der Waals surface area contributed by atoms with Crippen molar-refractivity contribution in [2.75, 3.05) is 19.6 Å². The molecular weight excluding hydrogens is 414 g/mol. The Kier molecular flexibility index (Phi) is 5.85. The highest BCUT2D eigenvalue weighted by Gasteiger charge is 2.40. The lowest BCUT2D eigenvalue weighted by Gasteiger charge is -2.40. The zero-order valence-corrected chi connectivity index (χ0v) is 19.0. The first-order valence-corrected chi connectivity index (χ1v) is 11.6. The lowest BCUT2D eigenvalue weighted by molar-refractivity contribution is -0.124. The average Bonchev–Trinajstić information content (AvgIpc) is 3.32. The molecule has 33 heavy (non-hydrogen) atoms. The van der Waals surface area contributed by atoms with Crippen molar-refractivity contribution in [2.45, 2.75) is 44.7 Å². The molecule has 0 saturated carbocycles. The van der Waals surface area contributed by atoms with Gasteiger partial charge in [-0.2, -0.15) is 0 Å². The Morgan fingerprint density at radius 1 is 0.970 bits per heavy atom. The van der Waals surface area contributed by atoms with Crippen LogP contribution in [0.15, 0.2) is 65.3 Å². The number of piperidine rings is 1. The summed E-state index contributed by atoms with van der Waals surface area (Å²) in [5, 5.41) is 0. The lowest BCUT2D eigenvalue weighted by atomic mass is 9.70. The van der Waals surface area contributed by atoms with Gasteiger partial charge >= 0.3 is 0 Å². The first-order chi connectivity index (χ1) is 16.0. The van der Waals surface area contributed by atoms with E-state index in [1.54, 1.807) is 6.92 Å². The number of likely N-dealkylation sites (tertiary alicyclic amines) is 1. The van der Waals surface area contributed by atoms with Gasteiger partial charge in [0.1, 0.15) is 12.0 Å². The summed E-state index contributed by atoms with van der Waals surface area (Å²) in [5.41, 5.74) is 3.55. The number of nitrogens with zero attached hydrogens (tertiary/aromatic N) is 3. The Hall–Kier alpha value is -3.25. The fourth-order valence-corrected chi connectivity index (χ4v) is 5.20. The Morgan fingerprint density at radius 2 is 1.67 bits per heavy atom. The van der Waals surface area contributed by atoms with Crippen LogP contribution in [0.4, 0.5) is 0 Å². The molecule has 2 aliphatic rings. The number of hydrogen-bond donors (Lipinski definition) is 0. The summed E-state index contributed by atoms with van der Waals surface area (Å²) >= 11 is 0. The summed E-state index contributed by atoms with van der Waals surface area (Å²) in [6, 6.07) is 18.4. The van der Waals surface area contributed by atoms with Crippen molar-refractivity contribution in [3.63, 3.8) is 0 Å². The van der Waals surface area contributed by atoms with E-state index in [0.717, 1.165) is 37.9 Å². The van der Waals surface area contributed by atoms with Crippen molar-refractivity contribution < 1.29 is 14.0 Å². The molecule has 1 fully saturated rings. The molecule has 0 atom stereocenters. The molecule has 3 aromatic rings. The fourth-order valence-electron chi connectivity index (χ4n) is 5.20. The van der Waals surface area contributed by atoms with Gasteiger partial charge in [-0.1, -0.05) is 54.6 Å². The SMILES string of the molecule is CC(=O)C1(c2ccccc2)CCN(Cc2nc(C(=O)N3CCc4ccccc4C3)co2)CC1. The highest BCUT2D eigenvalue weighted by molar-refractivity contribution is 5.92. The Bertz CT molecular complexity index is 1150. The van der Waals surface area contributed by atoms with Crippen LogP contribution in [0.3, 0.4) is 0 Å². The van der Waals surface area contributed by atoms with Gasteiger partial charge in [0.25, 0.3) is 5.91 Å². The molecule has 6 nitrogen and oxygen atoms in total. The van der Waals surface area contributed by atoms with Gasteiger partial charge in [0.05, 0.1) is 12.0 Å². The van der Waals surface area contributed by atoms with Crippen LogP contribution in [0.25, 0.3) is 0 Å². The molecule has 0 spiro atoms. The number of oxazole rings is 1. The van der Waals surface area contributed by atoms with Crippen molar-refractivity contribution in [3.8, 4) is 0 Å². The van der Waals surface area contributed by atoms with Crippen molar-refractivity contribution in [2.24, 2.45) is 0 Å². The third-order valence-corrected chi connectivity index (χ3v) is 7.26. The number of aromatic nitrogens is 1. The minimum Gasteiger partial charge on any atom is -0.447 e. The number of rotatable bonds is 5. The number of amides is 1. The molecule has 0 radical (unpaired) electrons. The highest BCUT2D eigenvalue weighted by Crippen LogP contribution is 2.36. The lowest BCUT2D eigenvalue weighted by Crippen LogP contribution is -2.46. The van der Waals surface area contributed by atoms with Crippen molar-refractivity contribution in [1.82, 2.24) is 14.8 Å². The van der Waals surface area contributed by atoms with Gasteiger partial charge in [-0.25, -0.2) is 4.98 Å². The van der Waals surface area contributed by atoms with Crippen LogP contribution in [-0.4, -0.2) is 46.1 Å². The highest BCUT2D eigenvalue weighted by atomic mass is 16.3. The molecule has 2 aliphatic heterocycles. The quantitative estimate of drug-likeness (QED) is 0.596. The second kappa shape index (κ2) is 8.94. The van der Waals surface area contributed by atoms with Crippen molar-refractivity contribution in [1.29, 1.82) is 0 Å². The number of carbonyl (C=O) groups is 2. The molecule has 6 heteroatoms. The molecule has 5 rings (SSSR count). The topological polar surface area (TPSA) is 66.7 Å². The Labute approximate surface area is 194 Å². The van der Waals surface area contributed by atoms with E-state index < -0.39 is 5.41 Å². The van der Waals surface area contributed by atoms with Crippen LogP contribution in [0.2, 0.25) is 0 Å². The van der Waals surface area contributed by atoms with Crippen LogP contribution in [0, 0.1) is 0 Å². The molecule has 2 aromatic carbocycles. The maximum atomic E-state index is 13.0. The van der Waals surface area contributed by atoms with E-state index in [1.165, 1.54) is 17.4 Å². The van der Waals surface area contributed by atoms with Gasteiger partial charge in [0.2, 0.25) is 5.89 Å². The number of fused-ring (bicyclic) bond motifs is 1. The first kappa shape index (κ1) is 21.6. The van der Waals surface area contributed by atoms with Gasteiger partial charge in [0, 0.05) is 13.1 Å². The van der Waals surface area contributed by atoms with Gasteiger partial charge in [-0.3, -0.25) is 14.5 Å². The monoisotopic (exact) mass is 443 g/mol.